The molecule has 0 aliphatic carbocycles. The van der Waals surface area contributed by atoms with Crippen LogP contribution in [0.15, 0.2) is 5.11 Å². The Morgan fingerprint density at radius 3 is 2.81 bits per heavy atom. The molecule has 1 spiro atoms. The second-order valence-corrected chi connectivity index (χ2v) is 4.82. The van der Waals surface area contributed by atoms with Gasteiger partial charge in [-0.1, -0.05) is 12.0 Å². The van der Waals surface area contributed by atoms with E-state index >= 15 is 0 Å². The fourth-order valence-electron chi connectivity index (χ4n) is 2.99. The van der Waals surface area contributed by atoms with Gasteiger partial charge in [0.15, 0.2) is 0 Å². The van der Waals surface area contributed by atoms with Crippen molar-refractivity contribution < 1.29 is 4.74 Å². The third-order valence-corrected chi connectivity index (χ3v) is 4.21. The molecule has 0 bridgehead atoms. The van der Waals surface area contributed by atoms with Crippen molar-refractivity contribution in [2.75, 3.05) is 32.8 Å². The number of piperidine rings is 1. The first-order chi connectivity index (χ1) is 7.80. The smallest absolute Gasteiger partial charge is 0.0689 e. The summed E-state index contributed by atoms with van der Waals surface area (Å²) in [5, 5.41) is 3.68. The molecule has 0 aromatic carbocycles. The van der Waals surface area contributed by atoms with Gasteiger partial charge in [-0.05, 0) is 44.4 Å². The molecule has 2 fully saturated rings. The summed E-state index contributed by atoms with van der Waals surface area (Å²) in [5.41, 5.74) is 8.68. The van der Waals surface area contributed by atoms with Gasteiger partial charge in [-0.15, -0.1) is 0 Å². The molecule has 0 aromatic heterocycles. The second-order valence-electron chi connectivity index (χ2n) is 4.82. The van der Waals surface area contributed by atoms with Crippen LogP contribution in [-0.4, -0.2) is 43.8 Å². The predicted octanol–water partition coefficient (Wildman–Crippen LogP) is 2.19. The van der Waals surface area contributed by atoms with E-state index in [4.69, 9.17) is 10.3 Å². The lowest BCUT2D eigenvalue weighted by molar-refractivity contribution is 0.0157. The van der Waals surface area contributed by atoms with Gasteiger partial charge in [0.1, 0.15) is 0 Å². The molecule has 0 amide bonds. The molecule has 5 nitrogen and oxygen atoms in total. The fraction of sp³-hybridized carbons (Fsp3) is 1.00. The zero-order valence-corrected chi connectivity index (χ0v) is 9.93. The van der Waals surface area contributed by atoms with Gasteiger partial charge in [0, 0.05) is 16.9 Å². The monoisotopic (exact) mass is 224 g/mol. The maximum absolute atomic E-state index is 8.39. The van der Waals surface area contributed by atoms with Gasteiger partial charge in [-0.2, -0.15) is 0 Å². The van der Waals surface area contributed by atoms with Crippen molar-refractivity contribution in [2.24, 2.45) is 10.5 Å². The molecule has 2 heterocycles. The van der Waals surface area contributed by atoms with E-state index in [0.29, 0.717) is 12.0 Å². The Morgan fingerprint density at radius 2 is 2.19 bits per heavy atom. The van der Waals surface area contributed by atoms with Crippen LogP contribution < -0.4 is 0 Å². The lowest BCUT2D eigenvalue weighted by Gasteiger charge is -2.41. The van der Waals surface area contributed by atoms with Gasteiger partial charge in [0.25, 0.3) is 0 Å². The van der Waals surface area contributed by atoms with E-state index < -0.39 is 0 Å². The topological polar surface area (TPSA) is 61.2 Å². The number of ether oxygens (including phenoxy) is 1. The number of rotatable bonds is 3. The first kappa shape index (κ1) is 11.7. The average Bonchev–Trinajstić information content (AvgIpc) is 2.71. The van der Waals surface area contributed by atoms with E-state index in [2.05, 4.69) is 21.8 Å². The molecule has 2 saturated heterocycles. The van der Waals surface area contributed by atoms with Gasteiger partial charge >= 0.3 is 0 Å². The van der Waals surface area contributed by atoms with Crippen LogP contribution in [0, 0.1) is 5.41 Å². The molecular weight excluding hydrogens is 204 g/mol. The molecule has 5 heteroatoms. The van der Waals surface area contributed by atoms with E-state index in [9.17, 15) is 0 Å². The maximum Gasteiger partial charge on any atom is 0.0689 e. The van der Waals surface area contributed by atoms with Gasteiger partial charge < -0.3 is 9.64 Å². The Balaban J connectivity index is 1.98. The SMILES string of the molecule is CCN1CCC2(CCOC2CN=[N+]=[N-])CC1. The van der Waals surface area contributed by atoms with Crippen LogP contribution in [0.2, 0.25) is 0 Å². The normalized spacial score (nSPS) is 29.2. The summed E-state index contributed by atoms with van der Waals surface area (Å²) in [5.74, 6) is 0. The van der Waals surface area contributed by atoms with Gasteiger partial charge in [0.2, 0.25) is 0 Å². The Morgan fingerprint density at radius 1 is 1.44 bits per heavy atom. The predicted molar refractivity (Wildman–Crippen MR) is 62.2 cm³/mol. The molecular formula is C11H20N4O. The quantitative estimate of drug-likeness (QED) is 0.419. The van der Waals surface area contributed by atoms with Crippen molar-refractivity contribution in [3.8, 4) is 0 Å². The Bertz CT molecular complexity index is 280. The minimum Gasteiger partial charge on any atom is -0.377 e. The zero-order valence-electron chi connectivity index (χ0n) is 9.93. The molecule has 2 aliphatic heterocycles. The van der Waals surface area contributed by atoms with Crippen molar-refractivity contribution in [1.82, 2.24) is 4.90 Å². The Labute approximate surface area is 96.4 Å². The van der Waals surface area contributed by atoms with E-state index in [1.54, 1.807) is 0 Å². The summed E-state index contributed by atoms with van der Waals surface area (Å²) in [6.45, 7) is 7.00. The highest BCUT2D eigenvalue weighted by atomic mass is 16.5. The zero-order chi connectivity index (χ0) is 11.4. The Hall–Kier alpha value is -0.770. The van der Waals surface area contributed by atoms with E-state index in [1.807, 2.05) is 0 Å². The summed E-state index contributed by atoms with van der Waals surface area (Å²) >= 11 is 0. The van der Waals surface area contributed by atoms with Crippen LogP contribution in [0.5, 0.6) is 0 Å². The molecule has 1 atom stereocenters. The largest absolute Gasteiger partial charge is 0.377 e. The van der Waals surface area contributed by atoms with Gasteiger partial charge in [-0.25, -0.2) is 0 Å². The van der Waals surface area contributed by atoms with E-state index in [0.717, 1.165) is 32.7 Å². The van der Waals surface area contributed by atoms with Gasteiger partial charge in [0.05, 0.1) is 12.6 Å². The van der Waals surface area contributed by atoms with Crippen LogP contribution >= 0.6 is 0 Å². The van der Waals surface area contributed by atoms with Crippen molar-refractivity contribution in [3.63, 3.8) is 0 Å². The van der Waals surface area contributed by atoms with Crippen LogP contribution in [0.25, 0.3) is 10.4 Å². The number of hydrogen-bond donors (Lipinski definition) is 0. The standard InChI is InChI=1S/C11H20N4O/c1-2-15-6-3-11(4-7-15)5-8-16-10(11)9-13-14-12/h10H,2-9H2,1H3. The van der Waals surface area contributed by atoms with Crippen LogP contribution in [0.3, 0.4) is 0 Å². The number of likely N-dealkylation sites (tertiary alicyclic amines) is 1. The molecule has 90 valence electrons. The van der Waals surface area contributed by atoms with E-state index in [1.165, 1.54) is 12.8 Å². The third-order valence-electron chi connectivity index (χ3n) is 4.21. The van der Waals surface area contributed by atoms with Crippen LogP contribution in [0.1, 0.15) is 26.2 Å². The summed E-state index contributed by atoms with van der Waals surface area (Å²) < 4.78 is 5.73. The van der Waals surface area contributed by atoms with Crippen molar-refractivity contribution in [3.05, 3.63) is 10.4 Å². The summed E-state index contributed by atoms with van der Waals surface area (Å²) in [6.07, 6.45) is 3.66. The lowest BCUT2D eigenvalue weighted by atomic mass is 9.73. The third kappa shape index (κ3) is 2.17. The molecule has 0 aromatic rings. The highest BCUT2D eigenvalue weighted by molar-refractivity contribution is 4.96. The first-order valence-corrected chi connectivity index (χ1v) is 6.15. The minimum atomic E-state index is 0.155. The minimum absolute atomic E-state index is 0.155. The molecule has 0 saturated carbocycles. The summed E-state index contributed by atoms with van der Waals surface area (Å²) in [6, 6.07) is 0. The number of azide groups is 1. The van der Waals surface area contributed by atoms with Crippen LogP contribution in [0.4, 0.5) is 0 Å². The number of hydrogen-bond acceptors (Lipinski definition) is 3. The lowest BCUT2D eigenvalue weighted by Crippen LogP contribution is -2.44. The first-order valence-electron chi connectivity index (χ1n) is 6.15. The van der Waals surface area contributed by atoms with Crippen molar-refractivity contribution in [2.45, 2.75) is 32.3 Å². The Kier molecular flexibility index (Phi) is 3.69. The van der Waals surface area contributed by atoms with E-state index in [-0.39, 0.29) is 6.10 Å². The van der Waals surface area contributed by atoms with Crippen molar-refractivity contribution in [1.29, 1.82) is 0 Å². The second kappa shape index (κ2) is 5.04. The fourth-order valence-corrected chi connectivity index (χ4v) is 2.99. The molecule has 0 N–H and O–H groups in total. The molecule has 16 heavy (non-hydrogen) atoms. The van der Waals surface area contributed by atoms with Crippen molar-refractivity contribution >= 4 is 0 Å². The summed E-state index contributed by atoms with van der Waals surface area (Å²) in [4.78, 5) is 5.32. The average molecular weight is 224 g/mol. The summed E-state index contributed by atoms with van der Waals surface area (Å²) in [7, 11) is 0. The maximum atomic E-state index is 8.39. The van der Waals surface area contributed by atoms with Gasteiger partial charge in [-0.3, -0.25) is 0 Å². The van der Waals surface area contributed by atoms with Crippen LogP contribution in [-0.2, 0) is 4.74 Å². The highest BCUT2D eigenvalue weighted by Gasteiger charge is 2.45. The number of nitrogens with zero attached hydrogens (tertiary/aromatic N) is 4. The molecule has 2 aliphatic rings. The highest BCUT2D eigenvalue weighted by Crippen LogP contribution is 2.44. The molecule has 1 unspecified atom stereocenters. The molecule has 2 rings (SSSR count). The molecule has 0 radical (unpaired) electrons.